The van der Waals surface area contributed by atoms with E-state index in [0.717, 1.165) is 5.56 Å². The number of nitrogens with one attached hydrogen (secondary N) is 2. The molecule has 2 heterocycles. The van der Waals surface area contributed by atoms with Gasteiger partial charge in [-0.2, -0.15) is 0 Å². The van der Waals surface area contributed by atoms with E-state index in [1.165, 1.54) is 29.7 Å². The SMILES string of the molecule is COc1cccc(-c2cc(C3(C(=O)Nc4ccc(S(=O)(=O)Nc5nccs5)cc4)CC3)no2)c1. The molecule has 0 spiro atoms. The smallest absolute Gasteiger partial charge is 0.263 e. The summed E-state index contributed by atoms with van der Waals surface area (Å²) >= 11 is 1.19. The summed E-state index contributed by atoms with van der Waals surface area (Å²) in [5.74, 6) is 1.03. The molecule has 0 aliphatic heterocycles. The van der Waals surface area contributed by atoms with Crippen molar-refractivity contribution in [2.45, 2.75) is 23.2 Å². The van der Waals surface area contributed by atoms with Crippen molar-refractivity contribution in [1.29, 1.82) is 0 Å². The number of thiazole rings is 1. The highest BCUT2D eigenvalue weighted by atomic mass is 32.2. The number of carbonyl (C=O) groups excluding carboxylic acids is 1. The summed E-state index contributed by atoms with van der Waals surface area (Å²) in [5, 5.41) is 8.99. The molecule has 0 saturated heterocycles. The van der Waals surface area contributed by atoms with Crippen LogP contribution in [0.5, 0.6) is 5.75 Å². The van der Waals surface area contributed by atoms with Crippen LogP contribution in [0.25, 0.3) is 11.3 Å². The highest BCUT2D eigenvalue weighted by Crippen LogP contribution is 2.49. The van der Waals surface area contributed by atoms with Crippen LogP contribution in [-0.2, 0) is 20.2 Å². The van der Waals surface area contributed by atoms with Crippen molar-refractivity contribution < 1.29 is 22.5 Å². The number of anilines is 2. The normalized spacial score (nSPS) is 14.4. The summed E-state index contributed by atoms with van der Waals surface area (Å²) < 4.78 is 38.2. The molecule has 1 aliphatic carbocycles. The summed E-state index contributed by atoms with van der Waals surface area (Å²) in [4.78, 5) is 17.1. The number of aromatic nitrogens is 2. The average molecular weight is 497 g/mol. The molecule has 9 nitrogen and oxygen atoms in total. The van der Waals surface area contributed by atoms with Crippen LogP contribution in [0.3, 0.4) is 0 Å². The lowest BCUT2D eigenvalue weighted by Gasteiger charge is -2.13. The standard InChI is InChI=1S/C23H20N4O5S2/c1-31-17-4-2-3-15(13-17)19-14-20(26-32-19)23(9-10-23)21(28)25-16-5-7-18(8-6-16)34(29,30)27-22-24-11-12-33-22/h2-8,11-14H,9-10H2,1H3,(H,24,27)(H,25,28). The van der Waals surface area contributed by atoms with Gasteiger partial charge in [0.15, 0.2) is 10.9 Å². The predicted molar refractivity (Wildman–Crippen MR) is 127 cm³/mol. The third kappa shape index (κ3) is 4.27. The van der Waals surface area contributed by atoms with Gasteiger partial charge in [-0.15, -0.1) is 11.3 Å². The van der Waals surface area contributed by atoms with Crippen LogP contribution < -0.4 is 14.8 Å². The van der Waals surface area contributed by atoms with E-state index >= 15 is 0 Å². The van der Waals surface area contributed by atoms with Gasteiger partial charge in [0.25, 0.3) is 10.0 Å². The van der Waals surface area contributed by atoms with Crippen molar-refractivity contribution in [3.05, 3.63) is 71.9 Å². The van der Waals surface area contributed by atoms with E-state index in [-0.39, 0.29) is 15.9 Å². The number of ether oxygens (including phenoxy) is 1. The van der Waals surface area contributed by atoms with Crippen LogP contribution in [-0.4, -0.2) is 31.6 Å². The van der Waals surface area contributed by atoms with Gasteiger partial charge >= 0.3 is 0 Å². The van der Waals surface area contributed by atoms with Gasteiger partial charge in [0.2, 0.25) is 5.91 Å². The highest BCUT2D eigenvalue weighted by molar-refractivity contribution is 7.93. The van der Waals surface area contributed by atoms with Crippen molar-refractivity contribution in [3.8, 4) is 17.1 Å². The molecule has 1 aliphatic rings. The van der Waals surface area contributed by atoms with E-state index in [2.05, 4.69) is 20.2 Å². The zero-order valence-electron chi connectivity index (χ0n) is 18.0. The Hall–Kier alpha value is -3.70. The average Bonchev–Trinajstić information content (AvgIpc) is 3.23. The van der Waals surface area contributed by atoms with E-state index in [9.17, 15) is 13.2 Å². The molecule has 1 amide bonds. The van der Waals surface area contributed by atoms with Crippen LogP contribution >= 0.6 is 11.3 Å². The molecule has 5 rings (SSSR count). The van der Waals surface area contributed by atoms with Crippen molar-refractivity contribution in [2.75, 3.05) is 17.1 Å². The van der Waals surface area contributed by atoms with Crippen LogP contribution in [0.1, 0.15) is 18.5 Å². The van der Waals surface area contributed by atoms with Gasteiger partial charge in [-0.05, 0) is 49.2 Å². The maximum atomic E-state index is 13.1. The lowest BCUT2D eigenvalue weighted by atomic mass is 10.00. The molecule has 0 atom stereocenters. The fourth-order valence-corrected chi connectivity index (χ4v) is 5.34. The number of methoxy groups -OCH3 is 1. The molecule has 0 radical (unpaired) electrons. The number of nitrogens with zero attached hydrogens (tertiary/aromatic N) is 2. The van der Waals surface area contributed by atoms with Crippen LogP contribution in [0, 0.1) is 0 Å². The molecule has 0 bridgehead atoms. The van der Waals surface area contributed by atoms with Crippen molar-refractivity contribution in [2.24, 2.45) is 0 Å². The summed E-state index contributed by atoms with van der Waals surface area (Å²) in [6, 6.07) is 15.2. The van der Waals surface area contributed by atoms with Gasteiger partial charge in [-0.1, -0.05) is 17.3 Å². The quantitative estimate of drug-likeness (QED) is 0.373. The van der Waals surface area contributed by atoms with Gasteiger partial charge in [-0.3, -0.25) is 9.52 Å². The largest absolute Gasteiger partial charge is 0.497 e. The molecule has 2 aromatic carbocycles. The number of amides is 1. The van der Waals surface area contributed by atoms with E-state index < -0.39 is 15.4 Å². The van der Waals surface area contributed by atoms with E-state index in [0.29, 0.717) is 35.7 Å². The lowest BCUT2D eigenvalue weighted by Crippen LogP contribution is -2.28. The summed E-state index contributed by atoms with van der Waals surface area (Å²) in [7, 11) is -2.17. The Bertz CT molecular complexity index is 1430. The Morgan fingerprint density at radius 2 is 1.94 bits per heavy atom. The van der Waals surface area contributed by atoms with Crippen molar-refractivity contribution in [1.82, 2.24) is 10.1 Å². The second-order valence-electron chi connectivity index (χ2n) is 7.81. The predicted octanol–water partition coefficient (Wildman–Crippen LogP) is 4.28. The zero-order chi connectivity index (χ0) is 23.8. The van der Waals surface area contributed by atoms with Gasteiger partial charge in [0.05, 0.1) is 23.1 Å². The molecule has 34 heavy (non-hydrogen) atoms. The van der Waals surface area contributed by atoms with Crippen LogP contribution in [0.2, 0.25) is 0 Å². The highest BCUT2D eigenvalue weighted by Gasteiger charge is 2.53. The number of hydrogen-bond acceptors (Lipinski definition) is 8. The molecule has 1 saturated carbocycles. The Morgan fingerprint density at radius 3 is 2.62 bits per heavy atom. The number of sulfonamides is 1. The number of hydrogen-bond donors (Lipinski definition) is 2. The number of carbonyl (C=O) groups is 1. The van der Waals surface area contributed by atoms with E-state index in [4.69, 9.17) is 9.26 Å². The summed E-state index contributed by atoms with van der Waals surface area (Å²) in [6.07, 6.45) is 2.81. The summed E-state index contributed by atoms with van der Waals surface area (Å²) in [6.45, 7) is 0. The van der Waals surface area contributed by atoms with Crippen molar-refractivity contribution >= 4 is 38.1 Å². The fourth-order valence-electron chi connectivity index (χ4n) is 3.55. The molecular weight excluding hydrogens is 476 g/mol. The number of rotatable bonds is 8. The molecule has 2 N–H and O–H groups in total. The second kappa shape index (κ2) is 8.58. The first-order valence-electron chi connectivity index (χ1n) is 10.4. The minimum absolute atomic E-state index is 0.0706. The van der Waals surface area contributed by atoms with Crippen LogP contribution in [0.15, 0.2) is 75.6 Å². The van der Waals surface area contributed by atoms with Gasteiger partial charge < -0.3 is 14.6 Å². The Kier molecular flexibility index (Phi) is 5.58. The minimum atomic E-state index is -3.76. The molecule has 1 fully saturated rings. The van der Waals surface area contributed by atoms with Crippen LogP contribution in [0.4, 0.5) is 10.8 Å². The fraction of sp³-hybridized carbons (Fsp3) is 0.174. The molecule has 11 heteroatoms. The van der Waals surface area contributed by atoms with Gasteiger partial charge in [0, 0.05) is 28.9 Å². The maximum absolute atomic E-state index is 13.1. The van der Waals surface area contributed by atoms with Gasteiger partial charge in [-0.25, -0.2) is 13.4 Å². The molecule has 174 valence electrons. The zero-order valence-corrected chi connectivity index (χ0v) is 19.7. The van der Waals surface area contributed by atoms with Crippen molar-refractivity contribution in [3.63, 3.8) is 0 Å². The third-order valence-electron chi connectivity index (χ3n) is 5.62. The summed E-state index contributed by atoms with van der Waals surface area (Å²) in [5.41, 5.74) is 1.09. The Morgan fingerprint density at radius 1 is 1.15 bits per heavy atom. The first kappa shape index (κ1) is 22.1. The van der Waals surface area contributed by atoms with E-state index in [1.807, 2.05) is 24.3 Å². The topological polar surface area (TPSA) is 123 Å². The molecule has 0 unspecified atom stereocenters. The monoisotopic (exact) mass is 496 g/mol. The minimum Gasteiger partial charge on any atom is -0.497 e. The first-order chi connectivity index (χ1) is 16.4. The Balaban J connectivity index is 1.29. The molecule has 2 aromatic heterocycles. The number of benzene rings is 2. The maximum Gasteiger partial charge on any atom is 0.263 e. The van der Waals surface area contributed by atoms with E-state index in [1.54, 1.807) is 30.7 Å². The molecular formula is C23H20N4O5S2. The third-order valence-corrected chi connectivity index (χ3v) is 7.79. The first-order valence-corrected chi connectivity index (χ1v) is 12.7. The molecule has 4 aromatic rings. The lowest BCUT2D eigenvalue weighted by molar-refractivity contribution is -0.118. The van der Waals surface area contributed by atoms with Gasteiger partial charge in [0.1, 0.15) is 5.75 Å². The Labute approximate surface area is 199 Å². The second-order valence-corrected chi connectivity index (χ2v) is 10.4.